The van der Waals surface area contributed by atoms with E-state index >= 15 is 0 Å². The monoisotopic (exact) mass is 477 g/mol. The summed E-state index contributed by atoms with van der Waals surface area (Å²) in [6, 6.07) is 14.8. The van der Waals surface area contributed by atoms with Crippen LogP contribution in [0, 0.1) is 6.92 Å². The topological polar surface area (TPSA) is 47.6 Å². The lowest BCUT2D eigenvalue weighted by Crippen LogP contribution is -2.32. The summed E-state index contributed by atoms with van der Waals surface area (Å²) >= 11 is 0. The molecule has 4 nitrogen and oxygen atoms in total. The number of aryl methyl sites for hydroxylation is 1. The highest BCUT2D eigenvalue weighted by Gasteiger charge is 2.28. The smallest absolute Gasteiger partial charge is 0.407 e. The number of amides is 1. The van der Waals surface area contributed by atoms with Gasteiger partial charge in [0.05, 0.1) is 6.61 Å². The number of carbonyl (C=O) groups excluding carboxylic acids is 1. The van der Waals surface area contributed by atoms with Gasteiger partial charge in [-0.2, -0.15) is 0 Å². The molecule has 0 aliphatic heterocycles. The van der Waals surface area contributed by atoms with Crippen LogP contribution in [-0.4, -0.2) is 29.0 Å². The van der Waals surface area contributed by atoms with E-state index in [9.17, 15) is 4.79 Å². The molecule has 0 aliphatic carbocycles. The normalized spacial score (nSPS) is 12.5. The average Bonchev–Trinajstić information content (AvgIpc) is 2.71. The van der Waals surface area contributed by atoms with E-state index in [0.29, 0.717) is 13.2 Å². The lowest BCUT2D eigenvalue weighted by atomic mass is 9.98. The van der Waals surface area contributed by atoms with E-state index < -0.39 is 22.0 Å². The van der Waals surface area contributed by atoms with E-state index in [-0.39, 0.29) is 6.17 Å². The van der Waals surface area contributed by atoms with Gasteiger partial charge < -0.3 is 14.2 Å². The van der Waals surface area contributed by atoms with Crippen molar-refractivity contribution >= 4 is 16.4 Å². The van der Waals surface area contributed by atoms with Crippen molar-refractivity contribution in [3.63, 3.8) is 0 Å². The lowest BCUT2D eigenvalue weighted by Gasteiger charge is -2.43. The Balaban J connectivity index is 0.00000353. The summed E-state index contributed by atoms with van der Waals surface area (Å²) in [5.41, 5.74) is 5.13. The standard InChI is InChI=1S/C26H39NO3S.C2H6.H2/c1-19-13-14-22(16-23(19)17-27-24(28)30-25(2,3)4)21-12-10-11-20(15-21)18-29-31(8,9)26(5,6)7;1-2;/h10-16H,17-18H2,1-9H3,(H,27,28);1-2H3;1H. The minimum absolute atomic E-state index is 0. The van der Waals surface area contributed by atoms with Gasteiger partial charge in [0.25, 0.3) is 0 Å². The maximum Gasteiger partial charge on any atom is 0.407 e. The van der Waals surface area contributed by atoms with Crippen LogP contribution in [-0.2, 0) is 22.1 Å². The first-order chi connectivity index (χ1) is 15.2. The summed E-state index contributed by atoms with van der Waals surface area (Å²) in [7, 11) is -1.17. The summed E-state index contributed by atoms with van der Waals surface area (Å²) in [5, 5.41) is 2.86. The van der Waals surface area contributed by atoms with Crippen LogP contribution in [0.4, 0.5) is 4.79 Å². The third-order valence-corrected chi connectivity index (χ3v) is 9.08. The number of hydrogen-bond donors (Lipinski definition) is 1. The molecule has 1 amide bonds. The molecule has 2 aromatic carbocycles. The fourth-order valence-corrected chi connectivity index (χ4v) is 3.54. The third kappa shape index (κ3) is 9.42. The number of rotatable bonds is 6. The van der Waals surface area contributed by atoms with Gasteiger partial charge in [-0.25, -0.2) is 4.79 Å². The molecule has 0 unspecified atom stereocenters. The van der Waals surface area contributed by atoms with Crippen LogP contribution in [0.15, 0.2) is 42.5 Å². The summed E-state index contributed by atoms with van der Waals surface area (Å²) in [5.74, 6) is 0. The Morgan fingerprint density at radius 2 is 1.58 bits per heavy atom. The number of ether oxygens (including phenoxy) is 1. The van der Waals surface area contributed by atoms with E-state index in [1.54, 1.807) is 0 Å². The maximum absolute atomic E-state index is 12.0. The molecule has 1 N–H and O–H groups in total. The van der Waals surface area contributed by atoms with Crippen molar-refractivity contribution in [2.24, 2.45) is 0 Å². The molecule has 2 rings (SSSR count). The zero-order chi connectivity index (χ0) is 25.4. The van der Waals surface area contributed by atoms with Crippen molar-refractivity contribution < 1.29 is 15.1 Å². The minimum Gasteiger partial charge on any atom is -0.444 e. The van der Waals surface area contributed by atoms with Crippen LogP contribution in [0.3, 0.4) is 0 Å². The molecule has 2 aromatic rings. The van der Waals surface area contributed by atoms with Gasteiger partial charge in [-0.15, -0.1) is 10.3 Å². The van der Waals surface area contributed by atoms with E-state index in [2.05, 4.69) is 88.0 Å². The Labute approximate surface area is 205 Å². The molecule has 0 radical (unpaired) electrons. The summed E-state index contributed by atoms with van der Waals surface area (Å²) in [6.07, 6.45) is 4.04. The third-order valence-electron chi connectivity index (χ3n) is 5.43. The molecular weight excluding hydrogens is 430 g/mol. The Morgan fingerprint density at radius 3 is 2.15 bits per heavy atom. The Morgan fingerprint density at radius 1 is 0.970 bits per heavy atom. The molecule has 5 heteroatoms. The van der Waals surface area contributed by atoms with Crippen molar-refractivity contribution in [3.05, 3.63) is 59.2 Å². The van der Waals surface area contributed by atoms with Crippen LogP contribution >= 0.6 is 10.3 Å². The Bertz CT molecular complexity index is 915. The van der Waals surface area contributed by atoms with Gasteiger partial charge in [-0.1, -0.05) is 65.0 Å². The molecule has 0 spiro atoms. The zero-order valence-corrected chi connectivity index (χ0v) is 23.4. The molecule has 0 aromatic heterocycles. The van der Waals surface area contributed by atoms with Crippen LogP contribution in [0.25, 0.3) is 11.1 Å². The van der Waals surface area contributed by atoms with Crippen LogP contribution < -0.4 is 5.32 Å². The molecular formula is C28H47NO3S. The molecule has 0 saturated carbocycles. The maximum atomic E-state index is 12.0. The second-order valence-corrected chi connectivity index (χ2v) is 14.2. The van der Waals surface area contributed by atoms with E-state index in [1.807, 2.05) is 34.6 Å². The van der Waals surface area contributed by atoms with Gasteiger partial charge in [0.1, 0.15) is 5.60 Å². The fraction of sp³-hybridized carbons (Fsp3) is 0.536. The molecule has 0 bridgehead atoms. The van der Waals surface area contributed by atoms with Gasteiger partial charge in [0.2, 0.25) is 0 Å². The predicted octanol–water partition coefficient (Wildman–Crippen LogP) is 8.25. The second-order valence-electron chi connectivity index (χ2n) is 10.3. The van der Waals surface area contributed by atoms with Crippen molar-refractivity contribution in [1.82, 2.24) is 5.32 Å². The van der Waals surface area contributed by atoms with E-state index in [4.69, 9.17) is 8.92 Å². The molecule has 0 atom stereocenters. The lowest BCUT2D eigenvalue weighted by molar-refractivity contribution is 0.0523. The van der Waals surface area contributed by atoms with Gasteiger partial charge in [-0.05, 0) is 80.2 Å². The van der Waals surface area contributed by atoms with Gasteiger partial charge in [0.15, 0.2) is 0 Å². The molecule has 33 heavy (non-hydrogen) atoms. The Kier molecular flexibility index (Phi) is 10.5. The zero-order valence-electron chi connectivity index (χ0n) is 22.6. The van der Waals surface area contributed by atoms with Crippen LogP contribution in [0.2, 0.25) is 0 Å². The van der Waals surface area contributed by atoms with Crippen molar-refractivity contribution in [1.29, 1.82) is 0 Å². The molecule has 188 valence electrons. The SMILES string of the molecule is CC.Cc1ccc(-c2cccc(COS(C)(C)C(C)(C)C)c2)cc1CNC(=O)OC(C)(C)C.[HH]. The largest absolute Gasteiger partial charge is 0.444 e. The van der Waals surface area contributed by atoms with Crippen molar-refractivity contribution in [2.75, 3.05) is 12.5 Å². The van der Waals surface area contributed by atoms with Gasteiger partial charge >= 0.3 is 6.09 Å². The highest BCUT2D eigenvalue weighted by Crippen LogP contribution is 2.54. The summed E-state index contributed by atoms with van der Waals surface area (Å²) in [6.45, 7) is 19.4. The van der Waals surface area contributed by atoms with Crippen LogP contribution in [0.1, 0.15) is 73.5 Å². The molecule has 0 heterocycles. The summed E-state index contributed by atoms with van der Waals surface area (Å²) < 4.78 is 11.8. The summed E-state index contributed by atoms with van der Waals surface area (Å²) in [4.78, 5) is 12.0. The predicted molar refractivity (Wildman–Crippen MR) is 147 cm³/mol. The number of alkyl carbamates (subject to hydrolysis) is 1. The molecule has 0 saturated heterocycles. The Hall–Kier alpha value is -1.98. The first-order valence-electron chi connectivity index (χ1n) is 11.7. The first kappa shape index (κ1) is 29.1. The van der Waals surface area contributed by atoms with Crippen molar-refractivity contribution in [3.8, 4) is 11.1 Å². The highest BCUT2D eigenvalue weighted by atomic mass is 32.3. The van der Waals surface area contributed by atoms with Gasteiger partial charge in [0, 0.05) is 12.7 Å². The van der Waals surface area contributed by atoms with Gasteiger partial charge in [-0.3, -0.25) is 0 Å². The number of benzene rings is 2. The molecule has 0 aliphatic rings. The first-order valence-corrected chi connectivity index (χ1v) is 14.1. The quantitative estimate of drug-likeness (QED) is 0.455. The number of hydrogen-bond acceptors (Lipinski definition) is 3. The average molecular weight is 478 g/mol. The number of carbonyl (C=O) groups is 1. The van der Waals surface area contributed by atoms with E-state index in [0.717, 1.165) is 27.8 Å². The van der Waals surface area contributed by atoms with Crippen molar-refractivity contribution in [2.45, 2.75) is 85.8 Å². The number of nitrogens with one attached hydrogen (secondary N) is 1. The highest BCUT2D eigenvalue weighted by molar-refractivity contribution is 8.29. The van der Waals surface area contributed by atoms with Crippen LogP contribution in [0.5, 0.6) is 0 Å². The fourth-order valence-electron chi connectivity index (χ4n) is 2.76. The van der Waals surface area contributed by atoms with E-state index in [1.165, 1.54) is 0 Å². The second kappa shape index (κ2) is 11.9. The molecule has 0 fully saturated rings. The minimum atomic E-state index is -1.17.